The van der Waals surface area contributed by atoms with Crippen LogP contribution in [0.25, 0.3) is 0 Å². The van der Waals surface area contributed by atoms with Crippen molar-refractivity contribution in [3.8, 4) is 0 Å². The summed E-state index contributed by atoms with van der Waals surface area (Å²) in [7, 11) is -2.12. The van der Waals surface area contributed by atoms with Crippen LogP contribution >= 0.6 is 0 Å². The van der Waals surface area contributed by atoms with E-state index < -0.39 is 10.0 Å². The Hall–Kier alpha value is -1.34. The monoisotopic (exact) mass is 285 g/mol. The summed E-state index contributed by atoms with van der Waals surface area (Å²) >= 11 is 0. The molecule has 106 valence electrons. The molecule has 0 unspecified atom stereocenters. The third kappa shape index (κ3) is 2.98. The van der Waals surface area contributed by atoms with E-state index in [9.17, 15) is 13.2 Å². The second kappa shape index (κ2) is 4.97. The van der Waals surface area contributed by atoms with Crippen molar-refractivity contribution in [2.24, 2.45) is 12.2 Å². The van der Waals surface area contributed by atoms with Gasteiger partial charge in [0.1, 0.15) is 10.6 Å². The fraction of sp³-hybridized carbons (Fsp3) is 0.583. The lowest BCUT2D eigenvalue weighted by atomic mass is 10.3. The Kier molecular flexibility index (Phi) is 3.69. The van der Waals surface area contributed by atoms with Gasteiger partial charge < -0.3 is 9.47 Å². The quantitative estimate of drug-likeness (QED) is 0.863. The molecule has 0 radical (unpaired) electrons. The van der Waals surface area contributed by atoms with Crippen molar-refractivity contribution in [3.63, 3.8) is 0 Å². The average molecular weight is 285 g/mol. The first-order chi connectivity index (χ1) is 8.84. The Bertz CT molecular complexity index is 587. The third-order valence-corrected chi connectivity index (χ3v) is 4.12. The molecule has 7 heteroatoms. The average Bonchev–Trinajstić information content (AvgIpc) is 3.06. The number of carbonyl (C=O) groups is 1. The van der Waals surface area contributed by atoms with Gasteiger partial charge in [-0.25, -0.2) is 13.6 Å². The number of rotatable bonds is 5. The lowest BCUT2D eigenvalue weighted by Gasteiger charge is -2.21. The van der Waals surface area contributed by atoms with Gasteiger partial charge in [-0.1, -0.05) is 6.92 Å². The first-order valence-corrected chi connectivity index (χ1v) is 7.89. The SMILES string of the molecule is CCCN(C(=O)c1cc(S(N)(=O)=O)cn1C)C1CC1. The highest BCUT2D eigenvalue weighted by Crippen LogP contribution is 2.28. The van der Waals surface area contributed by atoms with Crippen LogP contribution in [0.1, 0.15) is 36.7 Å². The van der Waals surface area contributed by atoms with Crippen LogP contribution in [-0.2, 0) is 17.1 Å². The van der Waals surface area contributed by atoms with E-state index in [1.165, 1.54) is 16.8 Å². The second-order valence-electron chi connectivity index (χ2n) is 4.95. The maximum atomic E-state index is 12.4. The second-order valence-corrected chi connectivity index (χ2v) is 6.51. The molecular formula is C12H19N3O3S. The van der Waals surface area contributed by atoms with Gasteiger partial charge in [0, 0.05) is 25.8 Å². The van der Waals surface area contributed by atoms with Crippen LogP contribution < -0.4 is 5.14 Å². The van der Waals surface area contributed by atoms with Crippen molar-refractivity contribution in [1.29, 1.82) is 0 Å². The molecule has 2 N–H and O–H groups in total. The summed E-state index contributed by atoms with van der Waals surface area (Å²) in [6.45, 7) is 2.71. The maximum absolute atomic E-state index is 12.4. The molecule has 0 atom stereocenters. The lowest BCUT2D eigenvalue weighted by molar-refractivity contribution is 0.0733. The lowest BCUT2D eigenvalue weighted by Crippen LogP contribution is -2.34. The number of primary sulfonamides is 1. The van der Waals surface area contributed by atoms with E-state index in [1.54, 1.807) is 7.05 Å². The fourth-order valence-corrected chi connectivity index (χ4v) is 2.71. The van der Waals surface area contributed by atoms with E-state index >= 15 is 0 Å². The van der Waals surface area contributed by atoms with Crippen molar-refractivity contribution in [1.82, 2.24) is 9.47 Å². The Balaban J connectivity index is 2.30. The molecule has 1 aromatic heterocycles. The normalized spacial score (nSPS) is 15.5. The van der Waals surface area contributed by atoms with E-state index in [1.807, 2.05) is 11.8 Å². The highest BCUT2D eigenvalue weighted by Gasteiger charge is 2.33. The number of nitrogens with two attached hydrogens (primary N) is 1. The van der Waals surface area contributed by atoms with Gasteiger partial charge in [-0.3, -0.25) is 4.79 Å². The van der Waals surface area contributed by atoms with Gasteiger partial charge in [-0.2, -0.15) is 0 Å². The minimum Gasteiger partial charge on any atom is -0.345 e. The number of amides is 1. The number of nitrogens with zero attached hydrogens (tertiary/aromatic N) is 2. The van der Waals surface area contributed by atoms with Crippen LogP contribution in [0.4, 0.5) is 0 Å². The van der Waals surface area contributed by atoms with Crippen molar-refractivity contribution >= 4 is 15.9 Å². The van der Waals surface area contributed by atoms with Crippen molar-refractivity contribution in [3.05, 3.63) is 18.0 Å². The zero-order valence-corrected chi connectivity index (χ0v) is 12.0. The number of hydrogen-bond acceptors (Lipinski definition) is 3. The Morgan fingerprint density at radius 1 is 1.53 bits per heavy atom. The van der Waals surface area contributed by atoms with Gasteiger partial charge in [0.25, 0.3) is 5.91 Å². The number of aromatic nitrogens is 1. The molecule has 1 aliphatic rings. The van der Waals surface area contributed by atoms with Gasteiger partial charge in [-0.15, -0.1) is 0 Å². The van der Waals surface area contributed by atoms with E-state index in [0.717, 1.165) is 19.3 Å². The molecule has 19 heavy (non-hydrogen) atoms. The standard InChI is InChI=1S/C12H19N3O3S/c1-3-6-15(9-4-5-9)12(16)11-7-10(8-14(11)2)19(13,17)18/h7-9H,3-6H2,1-2H3,(H2,13,17,18). The molecule has 0 saturated heterocycles. The molecule has 1 aliphatic carbocycles. The van der Waals surface area contributed by atoms with E-state index in [2.05, 4.69) is 0 Å². The number of hydrogen-bond donors (Lipinski definition) is 1. The summed E-state index contributed by atoms with van der Waals surface area (Å²) in [5.74, 6) is -0.123. The molecule has 2 rings (SSSR count). The first kappa shape index (κ1) is 14.1. The van der Waals surface area contributed by atoms with Crippen molar-refractivity contribution < 1.29 is 13.2 Å². The third-order valence-electron chi connectivity index (χ3n) is 3.24. The van der Waals surface area contributed by atoms with Crippen LogP contribution in [0.3, 0.4) is 0 Å². The molecule has 1 saturated carbocycles. The van der Waals surface area contributed by atoms with Crippen molar-refractivity contribution in [2.75, 3.05) is 6.54 Å². The molecule has 0 aromatic carbocycles. The van der Waals surface area contributed by atoms with Crippen LogP contribution in [0.5, 0.6) is 0 Å². The summed E-state index contributed by atoms with van der Waals surface area (Å²) in [6.07, 6.45) is 4.31. The first-order valence-electron chi connectivity index (χ1n) is 6.34. The Morgan fingerprint density at radius 3 is 2.58 bits per heavy atom. The summed E-state index contributed by atoms with van der Waals surface area (Å²) in [4.78, 5) is 14.2. The van der Waals surface area contributed by atoms with E-state index in [-0.39, 0.29) is 10.8 Å². The molecule has 1 aromatic rings. The van der Waals surface area contributed by atoms with Crippen LogP contribution in [0.15, 0.2) is 17.2 Å². The maximum Gasteiger partial charge on any atom is 0.270 e. The highest BCUT2D eigenvalue weighted by molar-refractivity contribution is 7.89. The van der Waals surface area contributed by atoms with E-state index in [4.69, 9.17) is 5.14 Å². The molecule has 6 nitrogen and oxygen atoms in total. The molecule has 0 spiro atoms. The van der Waals surface area contributed by atoms with Gasteiger partial charge >= 0.3 is 0 Å². The minimum atomic E-state index is -3.77. The number of aryl methyl sites for hydroxylation is 1. The smallest absolute Gasteiger partial charge is 0.270 e. The summed E-state index contributed by atoms with van der Waals surface area (Å²) < 4.78 is 24.1. The summed E-state index contributed by atoms with van der Waals surface area (Å²) in [5.41, 5.74) is 0.365. The topological polar surface area (TPSA) is 85.4 Å². The molecule has 1 fully saturated rings. The zero-order valence-electron chi connectivity index (χ0n) is 11.2. The molecule has 1 heterocycles. The molecular weight excluding hydrogens is 266 g/mol. The van der Waals surface area contributed by atoms with Crippen LogP contribution in [-0.4, -0.2) is 36.4 Å². The van der Waals surface area contributed by atoms with Gasteiger partial charge in [0.15, 0.2) is 0 Å². The number of carbonyl (C=O) groups excluding carboxylic acids is 1. The van der Waals surface area contributed by atoms with Gasteiger partial charge in [0.05, 0.1) is 0 Å². The predicted molar refractivity (Wildman–Crippen MR) is 71.1 cm³/mol. The number of sulfonamides is 1. The van der Waals surface area contributed by atoms with Gasteiger partial charge in [-0.05, 0) is 25.3 Å². The largest absolute Gasteiger partial charge is 0.345 e. The minimum absolute atomic E-state index is 0.0226. The molecule has 0 aliphatic heterocycles. The van der Waals surface area contributed by atoms with E-state index in [0.29, 0.717) is 18.3 Å². The zero-order chi connectivity index (χ0) is 14.2. The Morgan fingerprint density at radius 2 is 2.16 bits per heavy atom. The highest BCUT2D eigenvalue weighted by atomic mass is 32.2. The summed E-state index contributed by atoms with van der Waals surface area (Å²) in [6, 6.07) is 1.66. The van der Waals surface area contributed by atoms with Crippen LogP contribution in [0, 0.1) is 0 Å². The van der Waals surface area contributed by atoms with Gasteiger partial charge in [0.2, 0.25) is 10.0 Å². The predicted octanol–water partition coefficient (Wildman–Crippen LogP) is 0.687. The molecule has 1 amide bonds. The Labute approximate surface area is 113 Å². The molecule has 0 bridgehead atoms. The fourth-order valence-electron chi connectivity index (χ4n) is 2.13. The van der Waals surface area contributed by atoms with Crippen LogP contribution in [0.2, 0.25) is 0 Å². The van der Waals surface area contributed by atoms with Crippen molar-refractivity contribution in [2.45, 2.75) is 37.1 Å². The summed E-state index contributed by atoms with van der Waals surface area (Å²) in [5, 5.41) is 5.08.